The summed E-state index contributed by atoms with van der Waals surface area (Å²) >= 11 is 0. The maximum Gasteiger partial charge on any atom is 0.321 e. The molecule has 0 spiro atoms. The van der Waals surface area contributed by atoms with Gasteiger partial charge in [0, 0.05) is 20.1 Å². The fourth-order valence-corrected chi connectivity index (χ4v) is 3.61. The van der Waals surface area contributed by atoms with Crippen LogP contribution in [0.1, 0.15) is 33.1 Å². The molecule has 18 heavy (non-hydrogen) atoms. The maximum atomic E-state index is 12.2. The first-order chi connectivity index (χ1) is 8.30. The van der Waals surface area contributed by atoms with Gasteiger partial charge in [0.2, 0.25) is 0 Å². The molecule has 1 N–H and O–H groups in total. The minimum absolute atomic E-state index is 0.484. The zero-order valence-corrected chi connectivity index (χ0v) is 12.0. The van der Waals surface area contributed by atoms with Gasteiger partial charge in [-0.15, -0.1) is 0 Å². The van der Waals surface area contributed by atoms with Gasteiger partial charge in [0.15, 0.2) is 0 Å². The summed E-state index contributed by atoms with van der Waals surface area (Å²) in [4.78, 5) is 10.8. The lowest BCUT2D eigenvalue weighted by molar-refractivity contribution is -0.140. The van der Waals surface area contributed by atoms with Crippen LogP contribution in [0.2, 0.25) is 0 Å². The van der Waals surface area contributed by atoms with Crippen molar-refractivity contribution in [2.75, 3.05) is 20.1 Å². The lowest BCUT2D eigenvalue weighted by Crippen LogP contribution is -2.50. The van der Waals surface area contributed by atoms with E-state index in [9.17, 15) is 13.2 Å². The number of rotatable bonds is 5. The van der Waals surface area contributed by atoms with Gasteiger partial charge < -0.3 is 5.11 Å². The maximum absolute atomic E-state index is 12.2. The standard InChI is InChI=1S/C11H22N2O4S/c1-4-10-5-7-13(8-6-10)18(16,17)12(3)9(2)11(14)15/h9-10H,4-8H2,1-3H3,(H,14,15). The summed E-state index contributed by atoms with van der Waals surface area (Å²) in [5.41, 5.74) is 0. The van der Waals surface area contributed by atoms with Crippen molar-refractivity contribution in [3.8, 4) is 0 Å². The SMILES string of the molecule is CCC1CCN(S(=O)(=O)N(C)C(C)C(=O)O)CC1. The molecule has 7 heteroatoms. The fourth-order valence-electron chi connectivity index (χ4n) is 2.09. The van der Waals surface area contributed by atoms with E-state index in [2.05, 4.69) is 6.92 Å². The second kappa shape index (κ2) is 5.99. The topological polar surface area (TPSA) is 77.9 Å². The molecule has 6 nitrogen and oxygen atoms in total. The quantitative estimate of drug-likeness (QED) is 0.805. The van der Waals surface area contributed by atoms with Crippen molar-refractivity contribution in [2.24, 2.45) is 5.92 Å². The Balaban J connectivity index is 2.73. The van der Waals surface area contributed by atoms with Crippen molar-refractivity contribution in [3.05, 3.63) is 0 Å². The molecule has 1 aliphatic heterocycles. The third-order valence-corrected chi connectivity index (χ3v) is 5.81. The van der Waals surface area contributed by atoms with Crippen molar-refractivity contribution in [2.45, 2.75) is 39.2 Å². The van der Waals surface area contributed by atoms with Crippen LogP contribution in [0.15, 0.2) is 0 Å². The Hall–Kier alpha value is -0.660. The lowest BCUT2D eigenvalue weighted by atomic mass is 9.96. The van der Waals surface area contributed by atoms with Gasteiger partial charge in [-0.05, 0) is 25.7 Å². The summed E-state index contributed by atoms with van der Waals surface area (Å²) in [5.74, 6) is -0.553. The van der Waals surface area contributed by atoms with E-state index in [0.717, 1.165) is 23.6 Å². The number of likely N-dealkylation sites (N-methyl/N-ethyl adjacent to an activating group) is 1. The van der Waals surface area contributed by atoms with E-state index in [1.165, 1.54) is 18.3 Å². The molecule has 0 amide bonds. The Labute approximate surface area is 109 Å². The average Bonchev–Trinajstić information content (AvgIpc) is 2.36. The minimum atomic E-state index is -3.65. The molecule has 1 unspecified atom stereocenters. The monoisotopic (exact) mass is 278 g/mol. The predicted octanol–water partition coefficient (Wildman–Crippen LogP) is 0.758. The molecule has 0 saturated carbocycles. The summed E-state index contributed by atoms with van der Waals surface area (Å²) in [6, 6.07) is -1.04. The second-order valence-electron chi connectivity index (χ2n) is 4.79. The van der Waals surface area contributed by atoms with Crippen molar-refractivity contribution in [1.29, 1.82) is 0 Å². The Morgan fingerprint density at radius 2 is 1.94 bits per heavy atom. The third-order valence-electron chi connectivity index (χ3n) is 3.74. The molecule has 0 bridgehead atoms. The highest BCUT2D eigenvalue weighted by molar-refractivity contribution is 7.86. The first kappa shape index (κ1) is 15.4. The first-order valence-electron chi connectivity index (χ1n) is 6.26. The van der Waals surface area contributed by atoms with Crippen molar-refractivity contribution in [1.82, 2.24) is 8.61 Å². The van der Waals surface area contributed by atoms with Crippen LogP contribution in [-0.4, -0.2) is 54.3 Å². The fraction of sp³-hybridized carbons (Fsp3) is 0.909. The summed E-state index contributed by atoms with van der Waals surface area (Å²) in [7, 11) is -2.33. The van der Waals surface area contributed by atoms with Crippen LogP contribution in [0.3, 0.4) is 0 Å². The molecule has 106 valence electrons. The molecule has 1 heterocycles. The van der Waals surface area contributed by atoms with E-state index < -0.39 is 22.2 Å². The normalized spacial score (nSPS) is 21.1. The third kappa shape index (κ3) is 3.21. The number of nitrogens with zero attached hydrogens (tertiary/aromatic N) is 2. The summed E-state index contributed by atoms with van der Waals surface area (Å²) in [5, 5.41) is 8.87. The predicted molar refractivity (Wildman–Crippen MR) is 68.4 cm³/mol. The van der Waals surface area contributed by atoms with Crippen molar-refractivity contribution in [3.63, 3.8) is 0 Å². The van der Waals surface area contributed by atoms with E-state index in [1.54, 1.807) is 0 Å². The van der Waals surface area contributed by atoms with Crippen LogP contribution in [0.4, 0.5) is 0 Å². The summed E-state index contributed by atoms with van der Waals surface area (Å²) < 4.78 is 26.7. The van der Waals surface area contributed by atoms with Gasteiger partial charge in [-0.25, -0.2) is 0 Å². The number of hydrogen-bond donors (Lipinski definition) is 1. The molecule has 0 aromatic carbocycles. The average molecular weight is 278 g/mol. The van der Waals surface area contributed by atoms with Crippen LogP contribution in [0.25, 0.3) is 0 Å². The molecular formula is C11H22N2O4S. The number of carboxylic acids is 1. The molecule has 0 aromatic heterocycles. The van der Waals surface area contributed by atoms with Crippen LogP contribution < -0.4 is 0 Å². The largest absolute Gasteiger partial charge is 0.480 e. The van der Waals surface area contributed by atoms with Crippen LogP contribution in [-0.2, 0) is 15.0 Å². The Morgan fingerprint density at radius 3 is 2.33 bits per heavy atom. The van der Waals surface area contributed by atoms with Crippen molar-refractivity contribution >= 4 is 16.2 Å². The first-order valence-corrected chi connectivity index (χ1v) is 7.66. The number of carboxylic acid groups (broad SMARTS) is 1. The lowest BCUT2D eigenvalue weighted by Gasteiger charge is -2.34. The molecule has 0 aromatic rings. The van der Waals surface area contributed by atoms with E-state index in [1.807, 2.05) is 0 Å². The Kier molecular flexibility index (Phi) is 5.12. The van der Waals surface area contributed by atoms with Gasteiger partial charge >= 0.3 is 5.97 Å². The highest BCUT2D eigenvalue weighted by Crippen LogP contribution is 2.23. The van der Waals surface area contributed by atoms with Gasteiger partial charge in [-0.3, -0.25) is 4.79 Å². The number of aliphatic carboxylic acids is 1. The van der Waals surface area contributed by atoms with E-state index >= 15 is 0 Å². The second-order valence-corrected chi connectivity index (χ2v) is 6.78. The van der Waals surface area contributed by atoms with E-state index in [4.69, 9.17) is 5.11 Å². The smallest absolute Gasteiger partial charge is 0.321 e. The molecule has 1 atom stereocenters. The highest BCUT2D eigenvalue weighted by atomic mass is 32.2. The minimum Gasteiger partial charge on any atom is -0.480 e. The zero-order chi connectivity index (χ0) is 13.9. The highest BCUT2D eigenvalue weighted by Gasteiger charge is 2.34. The van der Waals surface area contributed by atoms with Gasteiger partial charge in [0.05, 0.1) is 0 Å². The van der Waals surface area contributed by atoms with Gasteiger partial charge in [-0.1, -0.05) is 13.3 Å². The summed E-state index contributed by atoms with van der Waals surface area (Å²) in [6.45, 7) is 4.45. The van der Waals surface area contributed by atoms with E-state index in [-0.39, 0.29) is 0 Å². The summed E-state index contributed by atoms with van der Waals surface area (Å²) in [6.07, 6.45) is 2.77. The van der Waals surface area contributed by atoms with Crippen molar-refractivity contribution < 1.29 is 18.3 Å². The van der Waals surface area contributed by atoms with Crippen LogP contribution in [0.5, 0.6) is 0 Å². The van der Waals surface area contributed by atoms with Gasteiger partial charge in [0.25, 0.3) is 10.2 Å². The van der Waals surface area contributed by atoms with Gasteiger partial charge in [0.1, 0.15) is 6.04 Å². The Morgan fingerprint density at radius 1 is 1.44 bits per heavy atom. The number of piperidine rings is 1. The van der Waals surface area contributed by atoms with Crippen LogP contribution in [0, 0.1) is 5.92 Å². The molecule has 0 radical (unpaired) electrons. The zero-order valence-electron chi connectivity index (χ0n) is 11.2. The molecule has 1 saturated heterocycles. The molecule has 1 fully saturated rings. The Bertz CT molecular complexity index is 388. The number of hydrogen-bond acceptors (Lipinski definition) is 3. The van der Waals surface area contributed by atoms with E-state index in [0.29, 0.717) is 19.0 Å². The molecule has 1 rings (SSSR count). The molecular weight excluding hydrogens is 256 g/mol. The number of carbonyl (C=O) groups is 1. The molecule has 0 aliphatic carbocycles. The molecule has 1 aliphatic rings. The van der Waals surface area contributed by atoms with Gasteiger partial charge in [-0.2, -0.15) is 17.0 Å². The van der Waals surface area contributed by atoms with Crippen LogP contribution >= 0.6 is 0 Å².